The van der Waals surface area contributed by atoms with Crippen LogP contribution in [0.25, 0.3) is 11.4 Å². The third-order valence-corrected chi connectivity index (χ3v) is 1.28. The molecule has 2 N–H and O–H groups in total. The molecule has 2 aliphatic rings. The SMILES string of the molecule is Nc1conc2ccnc1-2. The van der Waals surface area contributed by atoms with Gasteiger partial charge < -0.3 is 10.3 Å². The Morgan fingerprint density at radius 1 is 1.50 bits per heavy atom. The second-order valence-corrected chi connectivity index (χ2v) is 1.95. The number of nitrogens with two attached hydrogens (primary N) is 1. The van der Waals surface area contributed by atoms with Crippen LogP contribution >= 0.6 is 0 Å². The van der Waals surface area contributed by atoms with Gasteiger partial charge in [-0.25, -0.2) is 0 Å². The third kappa shape index (κ3) is 0.556. The maximum Gasteiger partial charge on any atom is 0.147 e. The molecule has 0 bridgehead atoms. The first-order valence-corrected chi connectivity index (χ1v) is 2.82. The highest BCUT2D eigenvalue weighted by Gasteiger charge is 2.08. The van der Waals surface area contributed by atoms with E-state index in [1.54, 1.807) is 12.3 Å². The Hall–Kier alpha value is -1.58. The molecule has 4 nitrogen and oxygen atoms in total. The highest BCUT2D eigenvalue weighted by atomic mass is 16.4. The van der Waals surface area contributed by atoms with E-state index in [9.17, 15) is 0 Å². The first-order chi connectivity index (χ1) is 4.88. The fourth-order valence-electron chi connectivity index (χ4n) is 0.819. The second-order valence-electron chi connectivity index (χ2n) is 1.95. The van der Waals surface area contributed by atoms with Crippen LogP contribution in [0.2, 0.25) is 0 Å². The fraction of sp³-hybridized carbons (Fsp3) is 0. The second kappa shape index (κ2) is 1.70. The molecule has 0 saturated carbocycles. The van der Waals surface area contributed by atoms with Crippen LogP contribution in [0.4, 0.5) is 5.69 Å². The zero-order valence-corrected chi connectivity index (χ0v) is 5.11. The Morgan fingerprint density at radius 3 is 3.20 bits per heavy atom. The lowest BCUT2D eigenvalue weighted by Gasteiger charge is -1.95. The van der Waals surface area contributed by atoms with Gasteiger partial charge in [0, 0.05) is 6.20 Å². The molecular formula is C6H5N3O. The molecule has 0 atom stereocenters. The molecule has 0 amide bonds. The van der Waals surface area contributed by atoms with Crippen molar-refractivity contribution in [2.75, 3.05) is 5.73 Å². The highest BCUT2D eigenvalue weighted by Crippen LogP contribution is 2.22. The predicted octanol–water partition coefficient (Wildman–Crippen LogP) is 0.757. The summed E-state index contributed by atoms with van der Waals surface area (Å²) >= 11 is 0. The minimum atomic E-state index is 0.523. The van der Waals surface area contributed by atoms with Crippen molar-refractivity contribution in [1.29, 1.82) is 0 Å². The third-order valence-electron chi connectivity index (χ3n) is 1.28. The molecule has 0 radical (unpaired) electrons. The van der Waals surface area contributed by atoms with Crippen LogP contribution in [0.5, 0.6) is 0 Å². The van der Waals surface area contributed by atoms with E-state index < -0.39 is 0 Å². The molecule has 10 heavy (non-hydrogen) atoms. The average Bonchev–Trinajstić information content (AvgIpc) is 2.36. The normalized spacial score (nSPS) is 10.4. The average molecular weight is 135 g/mol. The van der Waals surface area contributed by atoms with Crippen LogP contribution in [-0.2, 0) is 0 Å². The highest BCUT2D eigenvalue weighted by molar-refractivity contribution is 5.68. The summed E-state index contributed by atoms with van der Waals surface area (Å²) < 4.78 is 4.66. The molecule has 0 saturated heterocycles. The Kier molecular flexibility index (Phi) is 0.887. The first kappa shape index (κ1) is 5.22. The van der Waals surface area contributed by atoms with Crippen molar-refractivity contribution in [1.82, 2.24) is 10.1 Å². The van der Waals surface area contributed by atoms with Gasteiger partial charge in [0.1, 0.15) is 17.7 Å². The van der Waals surface area contributed by atoms with E-state index >= 15 is 0 Å². The largest absolute Gasteiger partial charge is 0.394 e. The van der Waals surface area contributed by atoms with Crippen LogP contribution in [0, 0.1) is 0 Å². The van der Waals surface area contributed by atoms with Gasteiger partial charge in [-0.15, -0.1) is 0 Å². The standard InChI is InChI=1S/C6H5N3O/c7-4-3-10-9-5-1-2-8-6(4)5/h1-3H,7H2. The van der Waals surface area contributed by atoms with E-state index in [0.29, 0.717) is 17.1 Å². The molecule has 0 spiro atoms. The lowest BCUT2D eigenvalue weighted by molar-refractivity contribution is 0.405. The van der Waals surface area contributed by atoms with Crippen molar-refractivity contribution in [3.8, 4) is 11.4 Å². The number of fused-ring (bicyclic) bond motifs is 1. The van der Waals surface area contributed by atoms with E-state index in [1.807, 2.05) is 0 Å². The van der Waals surface area contributed by atoms with Crippen molar-refractivity contribution < 1.29 is 4.52 Å². The zero-order valence-electron chi connectivity index (χ0n) is 5.11. The number of rotatable bonds is 0. The van der Waals surface area contributed by atoms with Crippen molar-refractivity contribution in [2.24, 2.45) is 0 Å². The molecule has 0 fully saturated rings. The summed E-state index contributed by atoms with van der Waals surface area (Å²) in [6.45, 7) is 0. The maximum atomic E-state index is 5.50. The molecule has 0 aromatic heterocycles. The summed E-state index contributed by atoms with van der Waals surface area (Å²) in [5, 5.41) is 3.68. The van der Waals surface area contributed by atoms with E-state index in [2.05, 4.69) is 14.7 Å². The number of nitrogen functional groups attached to an aromatic ring is 1. The molecule has 2 rings (SSSR count). The van der Waals surface area contributed by atoms with Gasteiger partial charge in [0.15, 0.2) is 0 Å². The van der Waals surface area contributed by atoms with Gasteiger partial charge in [-0.2, -0.15) is 0 Å². The molecule has 50 valence electrons. The van der Waals surface area contributed by atoms with Gasteiger partial charge in [-0.05, 0) is 6.07 Å². The zero-order chi connectivity index (χ0) is 6.97. The van der Waals surface area contributed by atoms with Crippen LogP contribution < -0.4 is 5.73 Å². The minimum absolute atomic E-state index is 0.523. The number of hydrogen-bond donors (Lipinski definition) is 1. The number of hydrogen-bond acceptors (Lipinski definition) is 4. The Bertz CT molecular complexity index is 317. The van der Waals surface area contributed by atoms with Crippen molar-refractivity contribution in [3.05, 3.63) is 18.5 Å². The summed E-state index contributed by atoms with van der Waals surface area (Å²) in [6.07, 6.45) is 3.01. The minimum Gasteiger partial charge on any atom is -0.394 e. The Morgan fingerprint density at radius 2 is 2.40 bits per heavy atom. The lowest BCUT2D eigenvalue weighted by Crippen LogP contribution is -1.91. The molecule has 0 unspecified atom stereocenters. The van der Waals surface area contributed by atoms with Crippen LogP contribution in [0.1, 0.15) is 0 Å². The summed E-state index contributed by atoms with van der Waals surface area (Å²) in [5.41, 5.74) is 7.42. The number of anilines is 1. The Balaban J connectivity index is 2.80. The van der Waals surface area contributed by atoms with Crippen molar-refractivity contribution >= 4 is 5.69 Å². The molecule has 4 heteroatoms. The quantitative estimate of drug-likeness (QED) is 0.579. The predicted molar refractivity (Wildman–Crippen MR) is 35.3 cm³/mol. The van der Waals surface area contributed by atoms with Crippen molar-refractivity contribution in [2.45, 2.75) is 0 Å². The molecule has 0 aliphatic carbocycles. The van der Waals surface area contributed by atoms with Gasteiger partial charge in [0.25, 0.3) is 0 Å². The maximum absolute atomic E-state index is 5.50. The molecule has 2 heterocycles. The summed E-state index contributed by atoms with van der Waals surface area (Å²) in [6, 6.07) is 1.75. The van der Waals surface area contributed by atoms with Crippen LogP contribution in [0.3, 0.4) is 0 Å². The van der Waals surface area contributed by atoms with Gasteiger partial charge in [-0.3, -0.25) is 4.98 Å². The van der Waals surface area contributed by atoms with Crippen LogP contribution in [0.15, 0.2) is 23.0 Å². The van der Waals surface area contributed by atoms with Crippen molar-refractivity contribution in [3.63, 3.8) is 0 Å². The number of nitrogens with zero attached hydrogens (tertiary/aromatic N) is 2. The molecule has 0 aromatic rings. The summed E-state index contributed by atoms with van der Waals surface area (Å²) in [4.78, 5) is 3.97. The smallest absolute Gasteiger partial charge is 0.147 e. The van der Waals surface area contributed by atoms with E-state index in [4.69, 9.17) is 5.73 Å². The van der Waals surface area contributed by atoms with Gasteiger partial charge in [0.2, 0.25) is 0 Å². The molecular weight excluding hydrogens is 130 g/mol. The number of aromatic nitrogens is 2. The van der Waals surface area contributed by atoms with E-state index in [1.165, 1.54) is 6.26 Å². The lowest BCUT2D eigenvalue weighted by atomic mass is 10.3. The first-order valence-electron chi connectivity index (χ1n) is 2.82. The Labute approximate surface area is 57.0 Å². The summed E-state index contributed by atoms with van der Waals surface area (Å²) in [7, 11) is 0. The van der Waals surface area contributed by atoms with Gasteiger partial charge in [-0.1, -0.05) is 5.16 Å². The monoisotopic (exact) mass is 135 g/mol. The topological polar surface area (TPSA) is 64.9 Å². The van der Waals surface area contributed by atoms with E-state index in [0.717, 1.165) is 0 Å². The van der Waals surface area contributed by atoms with E-state index in [-0.39, 0.29) is 0 Å². The van der Waals surface area contributed by atoms with Gasteiger partial charge >= 0.3 is 0 Å². The van der Waals surface area contributed by atoms with Gasteiger partial charge in [0.05, 0.1) is 5.69 Å². The molecule has 0 aromatic carbocycles. The fourth-order valence-corrected chi connectivity index (χ4v) is 0.819. The summed E-state index contributed by atoms with van der Waals surface area (Å²) in [5.74, 6) is 0. The molecule has 2 aliphatic heterocycles. The van der Waals surface area contributed by atoms with Crippen LogP contribution in [-0.4, -0.2) is 10.1 Å².